The molecule has 0 N–H and O–H groups in total. The summed E-state index contributed by atoms with van der Waals surface area (Å²) in [7, 11) is 0. The summed E-state index contributed by atoms with van der Waals surface area (Å²) < 4.78 is 5.42. The summed E-state index contributed by atoms with van der Waals surface area (Å²) in [4.78, 5) is 12.2. The van der Waals surface area contributed by atoms with Crippen molar-refractivity contribution in [1.29, 1.82) is 0 Å². The lowest BCUT2D eigenvalue weighted by Gasteiger charge is -2.26. The highest BCUT2D eigenvalue weighted by molar-refractivity contribution is 5.96. The smallest absolute Gasteiger partial charge is 0.163 e. The molecule has 0 aliphatic carbocycles. The number of carbonyl (C=O) groups excluding carboxylic acids is 1. The van der Waals surface area contributed by atoms with Crippen LogP contribution < -0.4 is 4.74 Å². The van der Waals surface area contributed by atoms with Crippen LogP contribution >= 0.6 is 0 Å². The number of Topliss-reactive ketones (excluding diaryl/α,β-unsaturated/α-hetero) is 1. The Balaban J connectivity index is 2.75. The van der Waals surface area contributed by atoms with Gasteiger partial charge >= 0.3 is 0 Å². The maximum absolute atomic E-state index is 12.2. The molecule has 0 aliphatic rings. The fourth-order valence-corrected chi connectivity index (χ4v) is 1.63. The highest BCUT2D eigenvalue weighted by atomic mass is 16.5. The molecule has 0 heterocycles. The minimum absolute atomic E-state index is 0.160. The van der Waals surface area contributed by atoms with Gasteiger partial charge in [0.2, 0.25) is 0 Å². The molecular formula is C16H24O2. The second kappa shape index (κ2) is 6.03. The first kappa shape index (κ1) is 14.7. The predicted octanol–water partition coefficient (Wildman–Crippen LogP) is 4.34. The van der Waals surface area contributed by atoms with E-state index in [1.165, 1.54) is 0 Å². The predicted molar refractivity (Wildman–Crippen MR) is 75.2 cm³/mol. The SMILES string of the molecule is CCOc1cccc(C(=O)CC(C)C(C)(C)C)c1. The molecule has 0 fully saturated rings. The van der Waals surface area contributed by atoms with E-state index in [1.54, 1.807) is 0 Å². The van der Waals surface area contributed by atoms with Crippen LogP contribution in [0.15, 0.2) is 24.3 Å². The van der Waals surface area contributed by atoms with Crippen molar-refractivity contribution in [3.05, 3.63) is 29.8 Å². The number of carbonyl (C=O) groups is 1. The van der Waals surface area contributed by atoms with E-state index in [-0.39, 0.29) is 11.2 Å². The molecular weight excluding hydrogens is 224 g/mol. The van der Waals surface area contributed by atoms with Gasteiger partial charge in [0, 0.05) is 12.0 Å². The van der Waals surface area contributed by atoms with Gasteiger partial charge in [0.05, 0.1) is 6.61 Å². The van der Waals surface area contributed by atoms with Crippen LogP contribution in [-0.4, -0.2) is 12.4 Å². The molecule has 0 spiro atoms. The molecule has 100 valence electrons. The Kier molecular flexibility index (Phi) is 4.94. The molecule has 1 aromatic carbocycles. The van der Waals surface area contributed by atoms with Gasteiger partial charge in [0.1, 0.15) is 5.75 Å². The molecule has 0 radical (unpaired) electrons. The molecule has 1 atom stereocenters. The minimum atomic E-state index is 0.160. The molecule has 0 amide bonds. The van der Waals surface area contributed by atoms with E-state index in [0.717, 1.165) is 11.3 Å². The second-order valence-corrected chi connectivity index (χ2v) is 5.86. The molecule has 1 aromatic rings. The normalized spacial score (nSPS) is 13.2. The van der Waals surface area contributed by atoms with Crippen molar-refractivity contribution in [2.75, 3.05) is 6.61 Å². The van der Waals surface area contributed by atoms with Gasteiger partial charge < -0.3 is 4.74 Å². The first-order valence-corrected chi connectivity index (χ1v) is 6.60. The van der Waals surface area contributed by atoms with Crippen molar-refractivity contribution < 1.29 is 9.53 Å². The summed E-state index contributed by atoms with van der Waals surface area (Å²) in [5.74, 6) is 1.33. The van der Waals surface area contributed by atoms with Crippen LogP contribution in [0.25, 0.3) is 0 Å². The van der Waals surface area contributed by atoms with Gasteiger partial charge in [-0.25, -0.2) is 0 Å². The van der Waals surface area contributed by atoms with Crippen LogP contribution in [0.3, 0.4) is 0 Å². The summed E-state index contributed by atoms with van der Waals surface area (Å²) >= 11 is 0. The topological polar surface area (TPSA) is 26.3 Å². The zero-order chi connectivity index (χ0) is 13.8. The maximum atomic E-state index is 12.2. The number of hydrogen-bond acceptors (Lipinski definition) is 2. The van der Waals surface area contributed by atoms with Crippen molar-refractivity contribution in [3.8, 4) is 5.75 Å². The fraction of sp³-hybridized carbons (Fsp3) is 0.562. The Labute approximate surface area is 110 Å². The van der Waals surface area contributed by atoms with Gasteiger partial charge in [0.15, 0.2) is 5.78 Å². The standard InChI is InChI=1S/C16H24O2/c1-6-18-14-9-7-8-13(11-14)15(17)10-12(2)16(3,4)5/h7-9,11-12H,6,10H2,1-5H3. The third-order valence-electron chi connectivity index (χ3n) is 3.44. The Morgan fingerprint density at radius 2 is 2.00 bits per heavy atom. The van der Waals surface area contributed by atoms with Crippen molar-refractivity contribution >= 4 is 5.78 Å². The number of benzene rings is 1. The Bertz CT molecular complexity index is 402. The van der Waals surface area contributed by atoms with E-state index in [4.69, 9.17) is 4.74 Å². The first-order valence-electron chi connectivity index (χ1n) is 6.60. The molecule has 0 bridgehead atoms. The van der Waals surface area contributed by atoms with E-state index in [2.05, 4.69) is 27.7 Å². The largest absolute Gasteiger partial charge is 0.494 e. The van der Waals surface area contributed by atoms with Gasteiger partial charge in [-0.3, -0.25) is 4.79 Å². The third-order valence-corrected chi connectivity index (χ3v) is 3.44. The van der Waals surface area contributed by atoms with E-state index in [0.29, 0.717) is 18.9 Å². The monoisotopic (exact) mass is 248 g/mol. The molecule has 18 heavy (non-hydrogen) atoms. The quantitative estimate of drug-likeness (QED) is 0.724. The highest BCUT2D eigenvalue weighted by Gasteiger charge is 2.23. The summed E-state index contributed by atoms with van der Waals surface area (Å²) in [5.41, 5.74) is 0.907. The summed E-state index contributed by atoms with van der Waals surface area (Å²) in [5, 5.41) is 0. The van der Waals surface area contributed by atoms with E-state index >= 15 is 0 Å². The molecule has 0 saturated carbocycles. The number of rotatable bonds is 5. The van der Waals surface area contributed by atoms with Crippen molar-refractivity contribution in [2.45, 2.75) is 41.0 Å². The lowest BCUT2D eigenvalue weighted by molar-refractivity contribution is 0.0927. The number of ketones is 1. The van der Waals surface area contributed by atoms with Crippen LogP contribution in [0.1, 0.15) is 51.4 Å². The number of ether oxygens (including phenoxy) is 1. The lowest BCUT2D eigenvalue weighted by atomic mass is 9.78. The van der Waals surface area contributed by atoms with Gasteiger partial charge in [0.25, 0.3) is 0 Å². The van der Waals surface area contributed by atoms with Crippen LogP contribution in [0.4, 0.5) is 0 Å². The molecule has 0 aliphatic heterocycles. The average molecular weight is 248 g/mol. The Morgan fingerprint density at radius 3 is 2.56 bits per heavy atom. The second-order valence-electron chi connectivity index (χ2n) is 5.86. The summed E-state index contributed by atoms with van der Waals surface area (Å²) in [6, 6.07) is 7.45. The van der Waals surface area contributed by atoms with Crippen LogP contribution in [0.5, 0.6) is 5.75 Å². The Morgan fingerprint density at radius 1 is 1.33 bits per heavy atom. The number of hydrogen-bond donors (Lipinski definition) is 0. The molecule has 1 unspecified atom stereocenters. The molecule has 0 saturated heterocycles. The van der Waals surface area contributed by atoms with Crippen LogP contribution in [0.2, 0.25) is 0 Å². The minimum Gasteiger partial charge on any atom is -0.494 e. The van der Waals surface area contributed by atoms with Gasteiger partial charge in [-0.15, -0.1) is 0 Å². The zero-order valence-corrected chi connectivity index (χ0v) is 12.1. The van der Waals surface area contributed by atoms with Crippen molar-refractivity contribution in [3.63, 3.8) is 0 Å². The summed E-state index contributed by atoms with van der Waals surface area (Å²) in [6.07, 6.45) is 0.582. The maximum Gasteiger partial charge on any atom is 0.163 e. The van der Waals surface area contributed by atoms with E-state index in [9.17, 15) is 4.79 Å². The average Bonchev–Trinajstić information content (AvgIpc) is 2.28. The Hall–Kier alpha value is -1.31. The van der Waals surface area contributed by atoms with Gasteiger partial charge in [-0.2, -0.15) is 0 Å². The van der Waals surface area contributed by atoms with E-state index < -0.39 is 0 Å². The lowest BCUT2D eigenvalue weighted by Crippen LogP contribution is -2.20. The molecule has 0 aromatic heterocycles. The van der Waals surface area contributed by atoms with E-state index in [1.807, 2.05) is 31.2 Å². The fourth-order valence-electron chi connectivity index (χ4n) is 1.63. The van der Waals surface area contributed by atoms with Crippen LogP contribution in [-0.2, 0) is 0 Å². The van der Waals surface area contributed by atoms with Gasteiger partial charge in [-0.05, 0) is 30.4 Å². The zero-order valence-electron chi connectivity index (χ0n) is 12.1. The highest BCUT2D eigenvalue weighted by Crippen LogP contribution is 2.29. The van der Waals surface area contributed by atoms with Gasteiger partial charge in [-0.1, -0.05) is 39.8 Å². The van der Waals surface area contributed by atoms with Crippen molar-refractivity contribution in [2.24, 2.45) is 11.3 Å². The van der Waals surface area contributed by atoms with Crippen molar-refractivity contribution in [1.82, 2.24) is 0 Å². The summed E-state index contributed by atoms with van der Waals surface area (Å²) in [6.45, 7) is 11.2. The molecule has 1 rings (SSSR count). The first-order chi connectivity index (χ1) is 8.34. The molecule has 2 heteroatoms. The molecule has 2 nitrogen and oxygen atoms in total. The third kappa shape index (κ3) is 4.17. The van der Waals surface area contributed by atoms with Crippen LogP contribution in [0, 0.1) is 11.3 Å².